The lowest BCUT2D eigenvalue weighted by Crippen LogP contribution is -2.27. The SMILES string of the molecule is Cc1cc(C=N[C@@H]2CCCC[C@H]2N=Cc2cc(C#Cc3ccc(OC(=O)C4CC5C=CC4C5)cc3)cc(C(C)(C)C)c2O)c(O)c(C(C)(C)C)c1. The highest BCUT2D eigenvalue weighted by molar-refractivity contribution is 5.86. The van der Waals surface area contributed by atoms with Crippen molar-refractivity contribution in [1.29, 1.82) is 0 Å². The fourth-order valence-corrected chi connectivity index (χ4v) is 7.66. The van der Waals surface area contributed by atoms with Gasteiger partial charge in [0, 0.05) is 45.8 Å². The highest BCUT2D eigenvalue weighted by atomic mass is 16.5. The Morgan fingerprint density at radius 3 is 1.88 bits per heavy atom. The molecule has 3 aliphatic rings. The van der Waals surface area contributed by atoms with E-state index in [0.717, 1.165) is 71.9 Å². The van der Waals surface area contributed by atoms with Crippen molar-refractivity contribution in [1.82, 2.24) is 0 Å². The van der Waals surface area contributed by atoms with Crippen LogP contribution in [0.2, 0.25) is 0 Å². The maximum atomic E-state index is 12.8. The van der Waals surface area contributed by atoms with E-state index in [-0.39, 0.29) is 46.3 Å². The molecule has 0 spiro atoms. The number of phenolic OH excluding ortho intramolecular Hbond substituents is 2. The lowest BCUT2D eigenvalue weighted by atomic mass is 9.84. The lowest BCUT2D eigenvalue weighted by molar-refractivity contribution is -0.139. The van der Waals surface area contributed by atoms with E-state index in [4.69, 9.17) is 14.7 Å². The lowest BCUT2D eigenvalue weighted by Gasteiger charge is -2.26. The van der Waals surface area contributed by atoms with Gasteiger partial charge >= 0.3 is 5.97 Å². The minimum Gasteiger partial charge on any atom is -0.507 e. The number of phenols is 2. The average Bonchev–Trinajstić information content (AvgIpc) is 3.72. The van der Waals surface area contributed by atoms with Crippen LogP contribution in [-0.2, 0) is 15.6 Å². The molecule has 0 aromatic heterocycles. The zero-order valence-corrected chi connectivity index (χ0v) is 31.2. The zero-order chi connectivity index (χ0) is 36.5. The second kappa shape index (κ2) is 14.5. The van der Waals surface area contributed by atoms with Crippen molar-refractivity contribution in [2.45, 2.75) is 110 Å². The van der Waals surface area contributed by atoms with Gasteiger partial charge in [-0.2, -0.15) is 0 Å². The number of rotatable bonds is 6. The smallest absolute Gasteiger partial charge is 0.314 e. The normalized spacial score (nSPS) is 23.2. The number of esters is 1. The fourth-order valence-electron chi connectivity index (χ4n) is 7.66. The Morgan fingerprint density at radius 1 is 0.765 bits per heavy atom. The molecular formula is C45H52N2O4. The second-order valence-corrected chi connectivity index (χ2v) is 16.8. The third kappa shape index (κ3) is 8.47. The summed E-state index contributed by atoms with van der Waals surface area (Å²) in [5.74, 6) is 8.20. The average molecular weight is 685 g/mol. The largest absolute Gasteiger partial charge is 0.507 e. The first-order valence-corrected chi connectivity index (χ1v) is 18.5. The number of carbonyl (C=O) groups is 1. The van der Waals surface area contributed by atoms with Gasteiger partial charge in [0.2, 0.25) is 0 Å². The number of aliphatic imine (C=N–C) groups is 2. The van der Waals surface area contributed by atoms with Crippen LogP contribution >= 0.6 is 0 Å². The first kappa shape index (κ1) is 36.2. The maximum absolute atomic E-state index is 12.8. The summed E-state index contributed by atoms with van der Waals surface area (Å²) in [6.45, 7) is 14.6. The summed E-state index contributed by atoms with van der Waals surface area (Å²) in [7, 11) is 0. The Hall–Kier alpha value is -4.63. The van der Waals surface area contributed by atoms with Gasteiger partial charge in [-0.15, -0.1) is 0 Å². The number of aromatic hydroxyl groups is 2. The van der Waals surface area contributed by atoms with Crippen LogP contribution < -0.4 is 4.74 Å². The summed E-state index contributed by atoms with van der Waals surface area (Å²) < 4.78 is 5.72. The highest BCUT2D eigenvalue weighted by Gasteiger charge is 2.41. The Balaban J connectivity index is 1.20. The van der Waals surface area contributed by atoms with E-state index in [2.05, 4.69) is 65.5 Å². The van der Waals surface area contributed by atoms with Gasteiger partial charge in [-0.1, -0.05) is 84.4 Å². The van der Waals surface area contributed by atoms with Crippen molar-refractivity contribution in [3.05, 3.63) is 99.6 Å². The van der Waals surface area contributed by atoms with E-state index >= 15 is 0 Å². The maximum Gasteiger partial charge on any atom is 0.314 e. The number of fused-ring (bicyclic) bond motifs is 2. The van der Waals surface area contributed by atoms with Crippen LogP contribution in [-0.4, -0.2) is 40.7 Å². The third-order valence-corrected chi connectivity index (χ3v) is 10.5. The first-order valence-electron chi connectivity index (χ1n) is 18.5. The molecule has 3 unspecified atom stereocenters. The zero-order valence-electron chi connectivity index (χ0n) is 31.2. The molecule has 0 saturated heterocycles. The Bertz CT molecular complexity index is 1930. The molecule has 2 fully saturated rings. The van der Waals surface area contributed by atoms with Crippen molar-refractivity contribution in [3.8, 4) is 29.1 Å². The number of hydrogen-bond acceptors (Lipinski definition) is 6. The van der Waals surface area contributed by atoms with Crippen LogP contribution in [0.1, 0.15) is 119 Å². The first-order chi connectivity index (χ1) is 24.2. The molecule has 0 radical (unpaired) electrons. The molecule has 3 aliphatic carbocycles. The molecule has 5 atom stereocenters. The number of benzene rings is 3. The number of allylic oxidation sites excluding steroid dienone is 2. The third-order valence-electron chi connectivity index (χ3n) is 10.5. The standard InChI is InChI=1S/C45H52N2O4/c1-28-20-33(41(48)37(21-28)44(2,3)4)26-46-39-10-8-9-11-40(39)47-27-34-23-31(25-38(42(34)49)45(5,6)7)13-12-29-15-18-35(19-16-29)51-43(50)36-24-30-14-17-32(36)22-30/h14-21,23,25-27,30,32,36,39-40,48-49H,8-11,22,24H2,1-7H3/t30?,32?,36?,39-,40-/m1/s1. The van der Waals surface area contributed by atoms with Crippen molar-refractivity contribution >= 4 is 18.4 Å². The summed E-state index contributed by atoms with van der Waals surface area (Å²) >= 11 is 0. The molecule has 6 rings (SSSR count). The van der Waals surface area contributed by atoms with Gasteiger partial charge in [0.25, 0.3) is 0 Å². The predicted molar refractivity (Wildman–Crippen MR) is 206 cm³/mol. The number of nitrogens with zero attached hydrogens (tertiary/aromatic N) is 2. The van der Waals surface area contributed by atoms with E-state index in [1.165, 1.54) is 0 Å². The van der Waals surface area contributed by atoms with Crippen molar-refractivity contribution < 1.29 is 19.7 Å². The summed E-state index contributed by atoms with van der Waals surface area (Å²) in [6.07, 6.45) is 13.9. The van der Waals surface area contributed by atoms with Gasteiger partial charge in [0.15, 0.2) is 0 Å². The molecule has 2 saturated carbocycles. The molecule has 2 bridgehead atoms. The van der Waals surface area contributed by atoms with Gasteiger partial charge < -0.3 is 14.9 Å². The van der Waals surface area contributed by atoms with Gasteiger partial charge in [0.05, 0.1) is 18.0 Å². The Labute approximate surface area is 303 Å². The molecular weight excluding hydrogens is 633 g/mol. The van der Waals surface area contributed by atoms with Crippen molar-refractivity contribution in [2.24, 2.45) is 27.7 Å². The highest BCUT2D eigenvalue weighted by Crippen LogP contribution is 2.44. The van der Waals surface area contributed by atoms with Crippen molar-refractivity contribution in [3.63, 3.8) is 0 Å². The number of carbonyl (C=O) groups excluding carboxylic acids is 1. The summed E-state index contributed by atoms with van der Waals surface area (Å²) in [4.78, 5) is 22.7. The molecule has 0 amide bonds. The molecule has 3 aromatic rings. The van der Waals surface area contributed by atoms with E-state index in [1.807, 2.05) is 49.5 Å². The van der Waals surface area contributed by atoms with Crippen molar-refractivity contribution in [2.75, 3.05) is 0 Å². The molecule has 0 aliphatic heterocycles. The number of hydrogen-bond donors (Lipinski definition) is 2. The molecule has 51 heavy (non-hydrogen) atoms. The summed E-state index contributed by atoms with van der Waals surface area (Å²) in [5.41, 5.74) is 5.25. The molecule has 6 nitrogen and oxygen atoms in total. The Kier molecular flexibility index (Phi) is 10.3. The van der Waals surface area contributed by atoms with E-state index in [9.17, 15) is 15.0 Å². The Morgan fingerprint density at radius 2 is 1.33 bits per heavy atom. The molecule has 266 valence electrons. The van der Waals surface area contributed by atoms with Crippen LogP contribution in [0.15, 0.2) is 70.7 Å². The fraction of sp³-hybridized carbons (Fsp3) is 0.444. The number of aryl methyl sites for hydroxylation is 1. The van der Waals surface area contributed by atoms with E-state index in [1.54, 1.807) is 18.3 Å². The summed E-state index contributed by atoms with van der Waals surface area (Å²) in [6, 6.07) is 15.1. The number of ether oxygens (including phenoxy) is 1. The minimum atomic E-state index is -0.316. The molecule has 0 heterocycles. The predicted octanol–water partition coefficient (Wildman–Crippen LogP) is 9.37. The van der Waals surface area contributed by atoms with Gasteiger partial charge in [-0.25, -0.2) is 0 Å². The van der Waals surface area contributed by atoms with Gasteiger partial charge in [0.1, 0.15) is 17.2 Å². The molecule has 2 N–H and O–H groups in total. The van der Waals surface area contributed by atoms with Gasteiger partial charge in [-0.3, -0.25) is 14.8 Å². The summed E-state index contributed by atoms with van der Waals surface area (Å²) in [5, 5.41) is 22.5. The monoisotopic (exact) mass is 684 g/mol. The van der Waals surface area contributed by atoms with Crippen LogP contribution in [0.4, 0.5) is 0 Å². The quantitative estimate of drug-likeness (QED) is 0.0890. The molecule has 6 heteroatoms. The van der Waals surface area contributed by atoms with Gasteiger partial charge in [-0.05, 0) is 103 Å². The topological polar surface area (TPSA) is 91.5 Å². The van der Waals surface area contributed by atoms with Crippen LogP contribution in [0.5, 0.6) is 17.2 Å². The van der Waals surface area contributed by atoms with Crippen LogP contribution in [0.25, 0.3) is 0 Å². The van der Waals surface area contributed by atoms with E-state index in [0.29, 0.717) is 23.1 Å². The van der Waals surface area contributed by atoms with Crippen LogP contribution in [0.3, 0.4) is 0 Å². The molecule has 3 aromatic carbocycles. The second-order valence-electron chi connectivity index (χ2n) is 16.8. The van der Waals surface area contributed by atoms with Crippen LogP contribution in [0, 0.1) is 36.5 Å². The van der Waals surface area contributed by atoms with E-state index < -0.39 is 0 Å². The minimum absolute atomic E-state index is 0.0208.